The van der Waals surface area contributed by atoms with Crippen molar-refractivity contribution in [3.05, 3.63) is 23.8 Å². The zero-order chi connectivity index (χ0) is 11.8. The lowest BCUT2D eigenvalue weighted by atomic mass is 10.2. The van der Waals surface area contributed by atoms with Gasteiger partial charge >= 0.3 is 0 Å². The topological polar surface area (TPSA) is 44.8 Å². The Morgan fingerprint density at radius 3 is 2.62 bits per heavy atom. The molecule has 1 rings (SSSR count). The van der Waals surface area contributed by atoms with Gasteiger partial charge in [0, 0.05) is 6.61 Å². The summed E-state index contributed by atoms with van der Waals surface area (Å²) in [7, 11) is 0. The van der Waals surface area contributed by atoms with Crippen LogP contribution in [0, 0.1) is 0 Å². The van der Waals surface area contributed by atoms with E-state index >= 15 is 0 Å². The monoisotopic (exact) mass is 224 g/mol. The summed E-state index contributed by atoms with van der Waals surface area (Å²) in [6, 6.07) is 5.19. The van der Waals surface area contributed by atoms with Gasteiger partial charge in [0.2, 0.25) is 0 Å². The lowest BCUT2D eigenvalue weighted by Crippen LogP contribution is -2.06. The molecule has 0 saturated carbocycles. The highest BCUT2D eigenvalue weighted by Gasteiger charge is 2.10. The number of carbonyl (C=O) groups excluding carboxylic acids is 1. The van der Waals surface area contributed by atoms with E-state index in [1.54, 1.807) is 18.2 Å². The minimum absolute atomic E-state index is 0.113. The minimum Gasteiger partial charge on any atom is -0.490 e. The molecule has 0 aliphatic carbocycles. The van der Waals surface area contributed by atoms with Gasteiger partial charge in [-0.1, -0.05) is 6.07 Å². The van der Waals surface area contributed by atoms with E-state index in [0.717, 1.165) is 6.29 Å². The largest absolute Gasteiger partial charge is 0.490 e. The molecule has 0 aliphatic heterocycles. The summed E-state index contributed by atoms with van der Waals surface area (Å²) in [6.45, 7) is 4.94. The summed E-state index contributed by atoms with van der Waals surface area (Å²) in [6.07, 6.45) is 0.740. The van der Waals surface area contributed by atoms with Crippen molar-refractivity contribution in [3.8, 4) is 11.5 Å². The molecule has 1 aromatic rings. The number of benzene rings is 1. The molecule has 1 aromatic carbocycles. The number of carbonyl (C=O) groups is 1. The fourth-order valence-corrected chi connectivity index (χ4v) is 1.23. The smallest absolute Gasteiger partial charge is 0.189 e. The lowest BCUT2D eigenvalue weighted by molar-refractivity contribution is 0.0202. The molecule has 0 bridgehead atoms. The maximum atomic E-state index is 10.8. The SMILES string of the molecule is CCOCOc1c(C=O)cccc1OCC. The molecule has 0 fully saturated rings. The van der Waals surface area contributed by atoms with Gasteiger partial charge in [0.25, 0.3) is 0 Å². The van der Waals surface area contributed by atoms with Gasteiger partial charge in [-0.05, 0) is 26.0 Å². The summed E-state index contributed by atoms with van der Waals surface area (Å²) in [5.41, 5.74) is 0.464. The van der Waals surface area contributed by atoms with E-state index in [1.807, 2.05) is 13.8 Å². The van der Waals surface area contributed by atoms with Gasteiger partial charge in [-0.25, -0.2) is 0 Å². The van der Waals surface area contributed by atoms with E-state index in [1.165, 1.54) is 0 Å². The van der Waals surface area contributed by atoms with Crippen LogP contribution in [0.2, 0.25) is 0 Å². The van der Waals surface area contributed by atoms with Crippen LogP contribution in [-0.4, -0.2) is 26.3 Å². The molecular weight excluding hydrogens is 208 g/mol. The number of para-hydroxylation sites is 1. The third-order valence-electron chi connectivity index (χ3n) is 1.93. The molecule has 0 spiro atoms. The summed E-state index contributed by atoms with van der Waals surface area (Å²) in [5.74, 6) is 1.000. The van der Waals surface area contributed by atoms with Crippen molar-refractivity contribution in [2.24, 2.45) is 0 Å². The van der Waals surface area contributed by atoms with Crippen molar-refractivity contribution in [1.82, 2.24) is 0 Å². The van der Waals surface area contributed by atoms with Gasteiger partial charge in [0.15, 0.2) is 24.6 Å². The van der Waals surface area contributed by atoms with E-state index in [4.69, 9.17) is 14.2 Å². The Kier molecular flexibility index (Phi) is 5.36. The second-order valence-electron chi connectivity index (χ2n) is 2.98. The molecule has 0 amide bonds. The summed E-state index contributed by atoms with van der Waals surface area (Å²) < 4.78 is 15.8. The van der Waals surface area contributed by atoms with Crippen molar-refractivity contribution >= 4 is 6.29 Å². The number of ether oxygens (including phenoxy) is 3. The number of hydrogen-bond acceptors (Lipinski definition) is 4. The second kappa shape index (κ2) is 6.85. The lowest BCUT2D eigenvalue weighted by Gasteiger charge is -2.13. The molecule has 16 heavy (non-hydrogen) atoms. The molecule has 0 N–H and O–H groups in total. The Labute approximate surface area is 95.1 Å². The summed E-state index contributed by atoms with van der Waals surface area (Å²) in [5, 5.41) is 0. The van der Waals surface area contributed by atoms with Crippen LogP contribution in [-0.2, 0) is 4.74 Å². The third-order valence-corrected chi connectivity index (χ3v) is 1.93. The Morgan fingerprint density at radius 2 is 2.00 bits per heavy atom. The highest BCUT2D eigenvalue weighted by Crippen LogP contribution is 2.30. The zero-order valence-electron chi connectivity index (χ0n) is 9.56. The van der Waals surface area contributed by atoms with Gasteiger partial charge in [-0.15, -0.1) is 0 Å². The average Bonchev–Trinajstić information content (AvgIpc) is 2.31. The van der Waals surface area contributed by atoms with Gasteiger partial charge in [-0.2, -0.15) is 0 Å². The molecule has 0 atom stereocenters. The van der Waals surface area contributed by atoms with Crippen molar-refractivity contribution in [3.63, 3.8) is 0 Å². The first-order chi connectivity index (χ1) is 7.83. The zero-order valence-corrected chi connectivity index (χ0v) is 9.56. The molecule has 4 nitrogen and oxygen atoms in total. The highest BCUT2D eigenvalue weighted by atomic mass is 16.7. The van der Waals surface area contributed by atoms with Gasteiger partial charge in [0.05, 0.1) is 12.2 Å². The average molecular weight is 224 g/mol. The quantitative estimate of drug-likeness (QED) is 0.405. The van der Waals surface area contributed by atoms with Crippen LogP contribution >= 0.6 is 0 Å². The van der Waals surface area contributed by atoms with Gasteiger partial charge < -0.3 is 14.2 Å². The van der Waals surface area contributed by atoms with Crippen LogP contribution in [0.3, 0.4) is 0 Å². The van der Waals surface area contributed by atoms with Crippen molar-refractivity contribution in [1.29, 1.82) is 0 Å². The molecule has 0 heterocycles. The molecule has 0 unspecified atom stereocenters. The Bertz CT molecular complexity index is 336. The van der Waals surface area contributed by atoms with Crippen LogP contribution < -0.4 is 9.47 Å². The molecule has 0 aliphatic rings. The Balaban J connectivity index is 2.85. The molecule has 0 saturated heterocycles. The normalized spacial score (nSPS) is 9.88. The van der Waals surface area contributed by atoms with Crippen molar-refractivity contribution in [2.75, 3.05) is 20.0 Å². The van der Waals surface area contributed by atoms with Gasteiger partial charge in [0.1, 0.15) is 0 Å². The first kappa shape index (κ1) is 12.5. The molecular formula is C12H16O4. The molecule has 0 aromatic heterocycles. The predicted molar refractivity (Wildman–Crippen MR) is 60.1 cm³/mol. The van der Waals surface area contributed by atoms with Crippen LogP contribution in [0.15, 0.2) is 18.2 Å². The first-order valence-corrected chi connectivity index (χ1v) is 5.25. The van der Waals surface area contributed by atoms with Crippen LogP contribution in [0.1, 0.15) is 24.2 Å². The number of hydrogen-bond donors (Lipinski definition) is 0. The maximum absolute atomic E-state index is 10.8. The number of aldehydes is 1. The van der Waals surface area contributed by atoms with E-state index in [0.29, 0.717) is 30.3 Å². The minimum atomic E-state index is 0.113. The van der Waals surface area contributed by atoms with Gasteiger partial charge in [-0.3, -0.25) is 4.79 Å². The summed E-state index contributed by atoms with van der Waals surface area (Å²) >= 11 is 0. The van der Waals surface area contributed by atoms with Crippen LogP contribution in [0.5, 0.6) is 11.5 Å². The third kappa shape index (κ3) is 3.24. The van der Waals surface area contributed by atoms with Crippen molar-refractivity contribution in [2.45, 2.75) is 13.8 Å². The Hall–Kier alpha value is -1.55. The van der Waals surface area contributed by atoms with Crippen molar-refractivity contribution < 1.29 is 19.0 Å². The fraction of sp³-hybridized carbons (Fsp3) is 0.417. The predicted octanol–water partition coefficient (Wildman–Crippen LogP) is 2.27. The van der Waals surface area contributed by atoms with E-state index in [-0.39, 0.29) is 6.79 Å². The maximum Gasteiger partial charge on any atom is 0.189 e. The second-order valence-corrected chi connectivity index (χ2v) is 2.98. The molecule has 4 heteroatoms. The molecule has 88 valence electrons. The van der Waals surface area contributed by atoms with E-state index in [2.05, 4.69) is 0 Å². The highest BCUT2D eigenvalue weighted by molar-refractivity contribution is 5.81. The first-order valence-electron chi connectivity index (χ1n) is 5.25. The Morgan fingerprint density at radius 1 is 1.19 bits per heavy atom. The summed E-state index contributed by atoms with van der Waals surface area (Å²) in [4.78, 5) is 10.8. The van der Waals surface area contributed by atoms with E-state index < -0.39 is 0 Å². The van der Waals surface area contributed by atoms with Crippen LogP contribution in [0.25, 0.3) is 0 Å². The fourth-order valence-electron chi connectivity index (χ4n) is 1.23. The van der Waals surface area contributed by atoms with E-state index in [9.17, 15) is 4.79 Å². The molecule has 0 radical (unpaired) electrons. The number of rotatable bonds is 7. The standard InChI is InChI=1S/C12H16O4/c1-3-14-9-16-12-10(8-13)6-5-7-11(12)15-4-2/h5-8H,3-4,9H2,1-2H3. The van der Waals surface area contributed by atoms with Crippen LogP contribution in [0.4, 0.5) is 0 Å².